The van der Waals surface area contributed by atoms with Crippen molar-refractivity contribution in [1.82, 2.24) is 20.4 Å². The molecule has 2 heterocycles. The summed E-state index contributed by atoms with van der Waals surface area (Å²) < 4.78 is 0. The van der Waals surface area contributed by atoms with Crippen LogP contribution in [0.15, 0.2) is 29.8 Å². The quantitative estimate of drug-likeness (QED) is 0.250. The standard InChI is InChI=1S/C9H9N7O2/c10-7(16-18)6-4-13-15-8(6)14-9(17)5-1-2-11-12-3-5/h1-4,18H,(H2,10,16)(H2,13,14,15,17). The van der Waals surface area contributed by atoms with Gasteiger partial charge in [0.05, 0.1) is 29.7 Å². The van der Waals surface area contributed by atoms with Gasteiger partial charge in [-0.1, -0.05) is 5.16 Å². The normalized spacial score (nSPS) is 11.2. The summed E-state index contributed by atoms with van der Waals surface area (Å²) >= 11 is 0. The van der Waals surface area contributed by atoms with Crippen LogP contribution in [-0.4, -0.2) is 37.3 Å². The van der Waals surface area contributed by atoms with Gasteiger partial charge < -0.3 is 16.3 Å². The average Bonchev–Trinajstić information content (AvgIpc) is 2.87. The molecule has 0 spiro atoms. The molecule has 5 N–H and O–H groups in total. The van der Waals surface area contributed by atoms with E-state index in [0.717, 1.165) is 0 Å². The summed E-state index contributed by atoms with van der Waals surface area (Å²) in [6.45, 7) is 0. The topological polar surface area (TPSA) is 142 Å². The first-order chi connectivity index (χ1) is 8.72. The number of aromatic nitrogens is 4. The third-order valence-corrected chi connectivity index (χ3v) is 2.11. The van der Waals surface area contributed by atoms with Crippen LogP contribution in [-0.2, 0) is 0 Å². The van der Waals surface area contributed by atoms with E-state index in [-0.39, 0.29) is 17.2 Å². The van der Waals surface area contributed by atoms with Gasteiger partial charge in [0, 0.05) is 0 Å². The predicted octanol–water partition coefficient (Wildman–Crippen LogP) is -0.454. The third-order valence-electron chi connectivity index (χ3n) is 2.11. The highest BCUT2D eigenvalue weighted by Gasteiger charge is 2.13. The van der Waals surface area contributed by atoms with Crippen LogP contribution in [0, 0.1) is 0 Å². The number of nitrogens with zero attached hydrogens (tertiary/aromatic N) is 4. The van der Waals surface area contributed by atoms with Crippen molar-refractivity contribution in [3.8, 4) is 0 Å². The monoisotopic (exact) mass is 247 g/mol. The van der Waals surface area contributed by atoms with Gasteiger partial charge in [0.25, 0.3) is 5.91 Å². The van der Waals surface area contributed by atoms with E-state index in [1.807, 2.05) is 0 Å². The zero-order valence-corrected chi connectivity index (χ0v) is 9.03. The number of anilines is 1. The molecule has 92 valence electrons. The Hall–Kier alpha value is -2.97. The Labute approximate surface area is 101 Å². The van der Waals surface area contributed by atoms with Crippen molar-refractivity contribution < 1.29 is 10.0 Å². The van der Waals surface area contributed by atoms with Gasteiger partial charge in [-0.15, -0.1) is 0 Å². The minimum Gasteiger partial charge on any atom is -0.409 e. The van der Waals surface area contributed by atoms with Crippen LogP contribution >= 0.6 is 0 Å². The SMILES string of the molecule is N/C(=N/O)c1cn[nH]c1NC(=O)c1ccnnc1. The van der Waals surface area contributed by atoms with Crippen LogP contribution in [0.3, 0.4) is 0 Å². The van der Waals surface area contributed by atoms with E-state index in [2.05, 4.69) is 30.9 Å². The van der Waals surface area contributed by atoms with Gasteiger partial charge in [-0.25, -0.2) is 0 Å². The number of H-pyrrole nitrogens is 1. The first-order valence-electron chi connectivity index (χ1n) is 4.81. The van der Waals surface area contributed by atoms with Crippen LogP contribution in [0.25, 0.3) is 0 Å². The average molecular weight is 247 g/mol. The molecule has 0 aliphatic rings. The molecular weight excluding hydrogens is 238 g/mol. The molecule has 9 heteroatoms. The number of hydrogen-bond acceptors (Lipinski definition) is 6. The van der Waals surface area contributed by atoms with Crippen LogP contribution in [0.1, 0.15) is 15.9 Å². The number of carbonyl (C=O) groups is 1. The third kappa shape index (κ3) is 2.24. The smallest absolute Gasteiger partial charge is 0.258 e. The molecule has 2 aromatic rings. The lowest BCUT2D eigenvalue weighted by atomic mass is 10.2. The van der Waals surface area contributed by atoms with Gasteiger partial charge in [0.1, 0.15) is 5.82 Å². The van der Waals surface area contributed by atoms with Gasteiger partial charge >= 0.3 is 0 Å². The molecule has 0 fully saturated rings. The van der Waals surface area contributed by atoms with Crippen molar-refractivity contribution in [1.29, 1.82) is 0 Å². The Morgan fingerprint density at radius 1 is 1.44 bits per heavy atom. The molecule has 2 rings (SSSR count). The fourth-order valence-electron chi connectivity index (χ4n) is 1.24. The molecule has 0 bridgehead atoms. The number of amidine groups is 1. The summed E-state index contributed by atoms with van der Waals surface area (Å²) in [4.78, 5) is 11.8. The van der Waals surface area contributed by atoms with Crippen molar-refractivity contribution >= 4 is 17.6 Å². The molecule has 1 amide bonds. The number of aromatic amines is 1. The van der Waals surface area contributed by atoms with E-state index in [0.29, 0.717) is 5.56 Å². The maximum absolute atomic E-state index is 11.8. The summed E-state index contributed by atoms with van der Waals surface area (Å²) in [7, 11) is 0. The number of oxime groups is 1. The summed E-state index contributed by atoms with van der Waals surface area (Å²) in [5, 5.41) is 27.3. The van der Waals surface area contributed by atoms with Crippen molar-refractivity contribution in [2.75, 3.05) is 5.32 Å². The lowest BCUT2D eigenvalue weighted by Gasteiger charge is -2.04. The maximum Gasteiger partial charge on any atom is 0.258 e. The molecule has 0 atom stereocenters. The first kappa shape index (κ1) is 11.5. The fourth-order valence-corrected chi connectivity index (χ4v) is 1.24. The maximum atomic E-state index is 11.8. The molecule has 2 aromatic heterocycles. The summed E-state index contributed by atoms with van der Waals surface area (Å²) in [6.07, 6.45) is 4.04. The molecular formula is C9H9N7O2. The summed E-state index contributed by atoms with van der Waals surface area (Å²) in [5.74, 6) is -0.347. The van der Waals surface area contributed by atoms with Gasteiger partial charge in [0.15, 0.2) is 5.84 Å². The van der Waals surface area contributed by atoms with E-state index in [1.54, 1.807) is 0 Å². The molecule has 0 aliphatic heterocycles. The summed E-state index contributed by atoms with van der Waals surface area (Å²) in [6, 6.07) is 1.50. The minimum absolute atomic E-state index is 0.160. The molecule has 18 heavy (non-hydrogen) atoms. The Balaban J connectivity index is 2.21. The van der Waals surface area contributed by atoms with E-state index in [4.69, 9.17) is 10.9 Å². The van der Waals surface area contributed by atoms with Crippen LogP contribution in [0.5, 0.6) is 0 Å². The number of nitrogens with two attached hydrogens (primary N) is 1. The molecule has 0 aromatic carbocycles. The molecule has 0 aliphatic carbocycles. The molecule has 0 saturated heterocycles. The Morgan fingerprint density at radius 3 is 2.94 bits per heavy atom. The van der Waals surface area contributed by atoms with Crippen LogP contribution in [0.4, 0.5) is 5.82 Å². The Bertz CT molecular complexity index is 578. The van der Waals surface area contributed by atoms with Gasteiger partial charge in [-0.3, -0.25) is 9.89 Å². The van der Waals surface area contributed by atoms with Crippen LogP contribution in [0.2, 0.25) is 0 Å². The van der Waals surface area contributed by atoms with E-state index < -0.39 is 5.91 Å². The van der Waals surface area contributed by atoms with Crippen molar-refractivity contribution in [3.05, 3.63) is 35.8 Å². The van der Waals surface area contributed by atoms with Gasteiger partial charge in [-0.2, -0.15) is 15.3 Å². The lowest BCUT2D eigenvalue weighted by Crippen LogP contribution is -2.18. The highest BCUT2D eigenvalue weighted by Crippen LogP contribution is 2.11. The number of rotatable bonds is 3. The number of amides is 1. The second kappa shape index (κ2) is 4.91. The van der Waals surface area contributed by atoms with E-state index in [9.17, 15) is 4.79 Å². The van der Waals surface area contributed by atoms with Crippen LogP contribution < -0.4 is 11.1 Å². The second-order valence-electron chi connectivity index (χ2n) is 3.23. The largest absolute Gasteiger partial charge is 0.409 e. The fraction of sp³-hybridized carbons (Fsp3) is 0. The lowest BCUT2D eigenvalue weighted by molar-refractivity contribution is 0.102. The van der Waals surface area contributed by atoms with E-state index >= 15 is 0 Å². The van der Waals surface area contributed by atoms with Crippen molar-refractivity contribution in [2.45, 2.75) is 0 Å². The second-order valence-corrected chi connectivity index (χ2v) is 3.23. The number of nitrogens with one attached hydrogen (secondary N) is 2. The number of hydrogen-bond donors (Lipinski definition) is 4. The predicted molar refractivity (Wildman–Crippen MR) is 61.1 cm³/mol. The Kier molecular flexibility index (Phi) is 3.14. The minimum atomic E-state index is -0.416. The van der Waals surface area contributed by atoms with Gasteiger partial charge in [-0.05, 0) is 6.07 Å². The molecule has 0 saturated carbocycles. The highest BCUT2D eigenvalue weighted by molar-refractivity contribution is 6.08. The zero-order chi connectivity index (χ0) is 13.0. The number of carbonyl (C=O) groups excluding carboxylic acids is 1. The van der Waals surface area contributed by atoms with Crippen molar-refractivity contribution in [2.24, 2.45) is 10.9 Å². The van der Waals surface area contributed by atoms with Crippen molar-refractivity contribution in [3.63, 3.8) is 0 Å². The van der Waals surface area contributed by atoms with Gasteiger partial charge in [0.2, 0.25) is 0 Å². The summed E-state index contributed by atoms with van der Waals surface area (Å²) in [5.41, 5.74) is 6.03. The van der Waals surface area contributed by atoms with E-state index in [1.165, 1.54) is 24.7 Å². The Morgan fingerprint density at radius 2 is 2.28 bits per heavy atom. The first-order valence-corrected chi connectivity index (χ1v) is 4.81. The highest BCUT2D eigenvalue weighted by atomic mass is 16.4. The molecule has 9 nitrogen and oxygen atoms in total. The zero-order valence-electron chi connectivity index (χ0n) is 9.03. The molecule has 0 radical (unpaired) electrons. The molecule has 0 unspecified atom stereocenters.